The topological polar surface area (TPSA) is 118 Å². The summed E-state index contributed by atoms with van der Waals surface area (Å²) in [6.07, 6.45) is 3.53. The molecule has 0 aliphatic heterocycles. The molecule has 0 amide bonds. The molecule has 1 aliphatic rings. The van der Waals surface area contributed by atoms with Gasteiger partial charge < -0.3 is 16.2 Å². The molecule has 19 heavy (non-hydrogen) atoms. The maximum absolute atomic E-state index is 11.3. The van der Waals surface area contributed by atoms with Gasteiger partial charge in [-0.25, -0.2) is 13.6 Å². The third kappa shape index (κ3) is 3.59. The number of hydrogen-bond acceptors (Lipinski definition) is 5. The molecule has 106 valence electrons. The van der Waals surface area contributed by atoms with Crippen LogP contribution in [0.25, 0.3) is 0 Å². The van der Waals surface area contributed by atoms with Gasteiger partial charge in [0.1, 0.15) is 0 Å². The van der Waals surface area contributed by atoms with Gasteiger partial charge >= 0.3 is 0 Å². The molecule has 1 aromatic rings. The van der Waals surface area contributed by atoms with E-state index in [1.165, 1.54) is 12.1 Å². The summed E-state index contributed by atoms with van der Waals surface area (Å²) in [5.74, 6) is 0. The first-order chi connectivity index (χ1) is 8.78. The molecule has 1 aliphatic carbocycles. The van der Waals surface area contributed by atoms with Crippen LogP contribution < -0.4 is 16.2 Å². The van der Waals surface area contributed by atoms with Crippen molar-refractivity contribution in [2.45, 2.75) is 36.2 Å². The number of nitrogens with two attached hydrogens (primary N) is 2. The summed E-state index contributed by atoms with van der Waals surface area (Å²) in [4.78, 5) is -0.0339. The second-order valence-corrected chi connectivity index (χ2v) is 6.68. The van der Waals surface area contributed by atoms with Gasteiger partial charge in [-0.3, -0.25) is 0 Å². The van der Waals surface area contributed by atoms with E-state index in [9.17, 15) is 13.5 Å². The quantitative estimate of drug-likeness (QED) is 0.605. The molecule has 0 saturated heterocycles. The lowest BCUT2D eigenvalue weighted by Crippen LogP contribution is -2.33. The van der Waals surface area contributed by atoms with Crippen molar-refractivity contribution in [2.75, 3.05) is 17.6 Å². The SMILES string of the molecule is Nc1cc(NCC2(O)CCCC2)cc(S(N)(=O)=O)c1. The van der Waals surface area contributed by atoms with E-state index in [4.69, 9.17) is 10.9 Å². The van der Waals surface area contributed by atoms with Crippen LogP contribution in [0.1, 0.15) is 25.7 Å². The largest absolute Gasteiger partial charge is 0.399 e. The summed E-state index contributed by atoms with van der Waals surface area (Å²) in [6.45, 7) is 0.376. The zero-order chi connectivity index (χ0) is 14.1. The summed E-state index contributed by atoms with van der Waals surface area (Å²) >= 11 is 0. The van der Waals surface area contributed by atoms with Crippen molar-refractivity contribution < 1.29 is 13.5 Å². The normalized spacial score (nSPS) is 18.4. The van der Waals surface area contributed by atoms with Crippen LogP contribution in [0.5, 0.6) is 0 Å². The van der Waals surface area contributed by atoms with Crippen LogP contribution in [0, 0.1) is 0 Å². The van der Waals surface area contributed by atoms with Crippen molar-refractivity contribution in [3.63, 3.8) is 0 Å². The first-order valence-electron chi connectivity index (χ1n) is 6.18. The number of sulfonamides is 1. The van der Waals surface area contributed by atoms with E-state index in [0.29, 0.717) is 17.9 Å². The van der Waals surface area contributed by atoms with Gasteiger partial charge in [0, 0.05) is 17.9 Å². The van der Waals surface area contributed by atoms with E-state index in [1.54, 1.807) is 6.07 Å². The predicted molar refractivity (Wildman–Crippen MR) is 74.1 cm³/mol. The fourth-order valence-corrected chi connectivity index (χ4v) is 2.96. The predicted octanol–water partition coefficient (Wildman–Crippen LogP) is 0.633. The van der Waals surface area contributed by atoms with Crippen molar-refractivity contribution in [3.8, 4) is 0 Å². The first kappa shape index (κ1) is 14.1. The number of benzene rings is 1. The highest BCUT2D eigenvalue weighted by atomic mass is 32.2. The number of hydrogen-bond donors (Lipinski definition) is 4. The molecule has 0 spiro atoms. The van der Waals surface area contributed by atoms with Gasteiger partial charge in [-0.15, -0.1) is 0 Å². The van der Waals surface area contributed by atoms with Gasteiger partial charge in [-0.1, -0.05) is 12.8 Å². The van der Waals surface area contributed by atoms with E-state index in [2.05, 4.69) is 5.32 Å². The lowest BCUT2D eigenvalue weighted by molar-refractivity contribution is 0.0615. The van der Waals surface area contributed by atoms with Crippen LogP contribution in [0.15, 0.2) is 23.1 Å². The summed E-state index contributed by atoms with van der Waals surface area (Å²) in [7, 11) is -3.78. The average Bonchev–Trinajstić information content (AvgIpc) is 2.72. The van der Waals surface area contributed by atoms with Crippen molar-refractivity contribution in [1.29, 1.82) is 0 Å². The van der Waals surface area contributed by atoms with Crippen LogP contribution in [0.2, 0.25) is 0 Å². The third-order valence-electron chi connectivity index (χ3n) is 3.41. The summed E-state index contributed by atoms with van der Waals surface area (Å²) < 4.78 is 22.6. The Bertz CT molecular complexity index is 566. The van der Waals surface area contributed by atoms with E-state index >= 15 is 0 Å². The Morgan fingerprint density at radius 1 is 1.26 bits per heavy atom. The number of nitrogen functional groups attached to an aromatic ring is 1. The number of aliphatic hydroxyl groups is 1. The zero-order valence-electron chi connectivity index (χ0n) is 10.6. The second-order valence-electron chi connectivity index (χ2n) is 5.12. The molecule has 0 bridgehead atoms. The molecule has 1 fully saturated rings. The standard InChI is InChI=1S/C12H19N3O3S/c13-9-5-10(7-11(6-9)19(14,17)18)15-8-12(16)3-1-2-4-12/h5-7,15-16H,1-4,8,13H2,(H2,14,17,18). The second kappa shape index (κ2) is 4.99. The molecule has 2 rings (SSSR count). The van der Waals surface area contributed by atoms with Gasteiger partial charge in [-0.2, -0.15) is 0 Å². The molecular formula is C12H19N3O3S. The van der Waals surface area contributed by atoms with Crippen molar-refractivity contribution >= 4 is 21.4 Å². The van der Waals surface area contributed by atoms with Crippen LogP contribution in [-0.2, 0) is 10.0 Å². The van der Waals surface area contributed by atoms with Gasteiger partial charge in [0.05, 0.1) is 10.5 Å². The van der Waals surface area contributed by atoms with E-state index in [0.717, 1.165) is 25.7 Å². The van der Waals surface area contributed by atoms with Crippen molar-refractivity contribution in [1.82, 2.24) is 0 Å². The molecule has 0 radical (unpaired) electrons. The highest BCUT2D eigenvalue weighted by molar-refractivity contribution is 7.89. The van der Waals surface area contributed by atoms with E-state index in [1.807, 2.05) is 0 Å². The minimum Gasteiger partial charge on any atom is -0.399 e. The van der Waals surface area contributed by atoms with Crippen LogP contribution in [-0.4, -0.2) is 25.7 Å². The van der Waals surface area contributed by atoms with Gasteiger partial charge in [-0.05, 0) is 31.0 Å². The summed E-state index contributed by atoms with van der Waals surface area (Å²) in [5.41, 5.74) is 5.79. The molecule has 7 heteroatoms. The lowest BCUT2D eigenvalue weighted by Gasteiger charge is -2.23. The molecule has 6 N–H and O–H groups in total. The van der Waals surface area contributed by atoms with Gasteiger partial charge in [0.2, 0.25) is 10.0 Å². The molecule has 1 saturated carbocycles. The van der Waals surface area contributed by atoms with E-state index < -0.39 is 15.6 Å². The van der Waals surface area contributed by atoms with Crippen LogP contribution in [0.3, 0.4) is 0 Å². The Labute approximate surface area is 112 Å². The average molecular weight is 285 g/mol. The molecule has 0 aromatic heterocycles. The molecule has 0 unspecified atom stereocenters. The first-order valence-corrected chi connectivity index (χ1v) is 7.73. The Morgan fingerprint density at radius 3 is 2.47 bits per heavy atom. The van der Waals surface area contributed by atoms with E-state index in [-0.39, 0.29) is 4.90 Å². The zero-order valence-corrected chi connectivity index (χ0v) is 11.4. The smallest absolute Gasteiger partial charge is 0.238 e. The number of rotatable bonds is 4. The Hall–Kier alpha value is -1.31. The van der Waals surface area contributed by atoms with Gasteiger partial charge in [0.25, 0.3) is 0 Å². The minimum absolute atomic E-state index is 0.0339. The van der Waals surface area contributed by atoms with Crippen molar-refractivity contribution in [3.05, 3.63) is 18.2 Å². The Morgan fingerprint density at radius 2 is 1.89 bits per heavy atom. The lowest BCUT2D eigenvalue weighted by atomic mass is 10.0. The molecular weight excluding hydrogens is 266 g/mol. The minimum atomic E-state index is -3.78. The highest BCUT2D eigenvalue weighted by Crippen LogP contribution is 2.30. The van der Waals surface area contributed by atoms with Crippen molar-refractivity contribution in [2.24, 2.45) is 5.14 Å². The third-order valence-corrected chi connectivity index (χ3v) is 4.31. The monoisotopic (exact) mass is 285 g/mol. The molecule has 6 nitrogen and oxygen atoms in total. The molecule has 1 aromatic carbocycles. The summed E-state index contributed by atoms with van der Waals surface area (Å²) in [5, 5.41) is 18.3. The molecule has 0 heterocycles. The maximum Gasteiger partial charge on any atom is 0.238 e. The maximum atomic E-state index is 11.3. The Balaban J connectivity index is 2.14. The number of primary sulfonamides is 1. The van der Waals surface area contributed by atoms with Crippen LogP contribution >= 0.6 is 0 Å². The van der Waals surface area contributed by atoms with Gasteiger partial charge in [0.15, 0.2) is 0 Å². The highest BCUT2D eigenvalue weighted by Gasteiger charge is 2.30. The number of nitrogens with one attached hydrogen (secondary N) is 1. The fourth-order valence-electron chi connectivity index (χ4n) is 2.36. The Kier molecular flexibility index (Phi) is 3.71. The fraction of sp³-hybridized carbons (Fsp3) is 0.500. The number of anilines is 2. The molecule has 0 atom stereocenters. The summed E-state index contributed by atoms with van der Waals surface area (Å²) in [6, 6.07) is 4.35. The van der Waals surface area contributed by atoms with Crippen LogP contribution in [0.4, 0.5) is 11.4 Å².